The van der Waals surface area contributed by atoms with Crippen LogP contribution in [0.2, 0.25) is 0 Å². The average molecular weight is 183 g/mol. The molecular weight excluding hydrogens is 168 g/mol. The topological polar surface area (TPSA) is 35.5 Å². The lowest BCUT2D eigenvalue weighted by Crippen LogP contribution is -1.95. The lowest BCUT2D eigenvalue weighted by molar-refractivity contribution is 0.101. The zero-order chi connectivity index (χ0) is 12.3. The van der Waals surface area contributed by atoms with Crippen molar-refractivity contribution in [3.8, 4) is 11.5 Å². The van der Waals surface area contributed by atoms with E-state index in [0.29, 0.717) is 11.5 Å². The molecule has 0 fully saturated rings. The zero-order valence-electron chi connectivity index (χ0n) is 10.5. The summed E-state index contributed by atoms with van der Waals surface area (Å²) in [5.41, 5.74) is 0.0812. The smallest absolute Gasteiger partial charge is 0.161 e. The van der Waals surface area contributed by atoms with E-state index in [4.69, 9.17) is 13.6 Å². The lowest BCUT2D eigenvalue weighted by Gasteiger charge is -2.07. The Hall–Kier alpha value is -1.51. The molecule has 0 N–H and O–H groups in total. The molecule has 13 heavy (non-hydrogen) atoms. The number of benzene rings is 1. The van der Waals surface area contributed by atoms with E-state index >= 15 is 0 Å². The van der Waals surface area contributed by atoms with Crippen LogP contribution in [0.25, 0.3) is 0 Å². The molecule has 0 radical (unpaired) electrons. The maximum absolute atomic E-state index is 11.5. The normalized spacial score (nSPS) is 13.8. The van der Waals surface area contributed by atoms with Gasteiger partial charge in [-0.3, -0.25) is 4.79 Å². The van der Waals surface area contributed by atoms with E-state index in [9.17, 15) is 4.79 Å². The second kappa shape index (κ2) is 3.94. The van der Waals surface area contributed by atoms with Gasteiger partial charge in [0.1, 0.15) is 0 Å². The number of hydrogen-bond donors (Lipinski definition) is 0. The molecule has 0 heterocycles. The second-order valence-corrected chi connectivity index (χ2v) is 2.40. The third-order valence-corrected chi connectivity index (χ3v) is 1.65. The van der Waals surface area contributed by atoms with Crippen LogP contribution in [0.4, 0.5) is 0 Å². The van der Waals surface area contributed by atoms with Crippen molar-refractivity contribution in [3.63, 3.8) is 0 Å². The zero-order valence-corrected chi connectivity index (χ0v) is 7.46. The maximum Gasteiger partial charge on any atom is 0.161 e. The molecule has 1 rings (SSSR count). The molecular formula is C10H12O3. The fourth-order valence-electron chi connectivity index (χ4n) is 0.977. The molecule has 0 aliphatic heterocycles. The van der Waals surface area contributed by atoms with Crippen LogP contribution >= 0.6 is 0 Å². The molecule has 0 spiro atoms. The molecule has 3 nitrogen and oxygen atoms in total. The van der Waals surface area contributed by atoms with Gasteiger partial charge >= 0.3 is 0 Å². The van der Waals surface area contributed by atoms with Crippen LogP contribution < -0.4 is 9.47 Å². The summed E-state index contributed by atoms with van der Waals surface area (Å²) >= 11 is 0. The fourth-order valence-corrected chi connectivity index (χ4v) is 0.977. The quantitative estimate of drug-likeness (QED) is 0.671. The van der Waals surface area contributed by atoms with E-state index in [2.05, 4.69) is 0 Å². The van der Waals surface area contributed by atoms with Gasteiger partial charge in [-0.2, -0.15) is 0 Å². The highest BCUT2D eigenvalue weighted by atomic mass is 16.5. The molecule has 0 bridgehead atoms. The van der Waals surface area contributed by atoms with Gasteiger partial charge in [0.05, 0.1) is 14.2 Å². The summed E-state index contributed by atoms with van der Waals surface area (Å²) in [6.07, 6.45) is 0. The van der Waals surface area contributed by atoms with Crippen molar-refractivity contribution in [2.45, 2.75) is 6.85 Å². The Morgan fingerprint density at radius 3 is 2.54 bits per heavy atom. The van der Waals surface area contributed by atoms with Crippen molar-refractivity contribution in [1.29, 1.82) is 0 Å². The van der Waals surface area contributed by atoms with Gasteiger partial charge in [-0.05, 0) is 25.1 Å². The van der Waals surface area contributed by atoms with Crippen molar-refractivity contribution in [3.05, 3.63) is 23.8 Å². The molecule has 1 aromatic rings. The Labute approximate surface area is 81.5 Å². The summed E-state index contributed by atoms with van der Waals surface area (Å²) in [6, 6.07) is 4.25. The summed E-state index contributed by atoms with van der Waals surface area (Å²) in [6.45, 7) is -2.64. The van der Waals surface area contributed by atoms with Crippen LogP contribution in [0.15, 0.2) is 18.2 Å². The van der Waals surface area contributed by atoms with E-state index < -0.39 is 12.6 Å². The molecule has 0 aliphatic rings. The van der Waals surface area contributed by atoms with Gasteiger partial charge in [0.25, 0.3) is 0 Å². The van der Waals surface area contributed by atoms with Gasteiger partial charge in [0.15, 0.2) is 17.3 Å². The lowest BCUT2D eigenvalue weighted by atomic mass is 10.1. The number of ether oxygens (including phenoxy) is 2. The van der Waals surface area contributed by atoms with Crippen LogP contribution in [0.3, 0.4) is 0 Å². The van der Waals surface area contributed by atoms with Gasteiger partial charge in [-0.15, -0.1) is 0 Å². The first-order chi connectivity index (χ1) is 7.40. The third kappa shape index (κ3) is 1.99. The van der Waals surface area contributed by atoms with E-state index in [1.54, 1.807) is 0 Å². The molecule has 0 amide bonds. The van der Waals surface area contributed by atoms with E-state index in [-0.39, 0.29) is 5.56 Å². The van der Waals surface area contributed by atoms with Gasteiger partial charge in [-0.25, -0.2) is 0 Å². The molecule has 0 saturated carbocycles. The van der Waals surface area contributed by atoms with Crippen LogP contribution in [0.1, 0.15) is 21.3 Å². The summed E-state index contributed by atoms with van der Waals surface area (Å²) in [4.78, 5) is 11.5. The van der Waals surface area contributed by atoms with Gasteiger partial charge in [0, 0.05) is 9.68 Å². The third-order valence-electron chi connectivity index (χ3n) is 1.65. The Bertz CT molecular complexity index is 399. The minimum Gasteiger partial charge on any atom is -0.493 e. The van der Waals surface area contributed by atoms with Crippen LogP contribution in [0, 0.1) is 0 Å². The molecule has 0 unspecified atom stereocenters. The monoisotopic (exact) mass is 183 g/mol. The molecule has 0 atom stereocenters. The first kappa shape index (κ1) is 6.02. The standard InChI is InChI=1S/C10H12O3/c1-7(11)8-4-5-9(12-2)10(6-8)13-3/h4-6H,1-3H3/i1D3. The summed E-state index contributed by atoms with van der Waals surface area (Å²) in [5, 5.41) is 0. The van der Waals surface area contributed by atoms with Gasteiger partial charge in [0.2, 0.25) is 0 Å². The van der Waals surface area contributed by atoms with Gasteiger partial charge in [-0.1, -0.05) is 0 Å². The minimum atomic E-state index is -2.64. The van der Waals surface area contributed by atoms with Crippen LogP contribution in [0.5, 0.6) is 11.5 Å². The summed E-state index contributed by atoms with van der Waals surface area (Å²) in [7, 11) is 2.88. The van der Waals surface area contributed by atoms with Crippen molar-refractivity contribution < 1.29 is 18.4 Å². The Kier molecular flexibility index (Phi) is 1.82. The first-order valence-corrected chi connectivity index (χ1v) is 3.67. The molecule has 0 aromatic heterocycles. The van der Waals surface area contributed by atoms with Crippen molar-refractivity contribution in [2.24, 2.45) is 0 Å². The van der Waals surface area contributed by atoms with Crippen LogP contribution in [-0.4, -0.2) is 20.0 Å². The average Bonchev–Trinajstić information content (AvgIpc) is 2.25. The highest BCUT2D eigenvalue weighted by Crippen LogP contribution is 2.27. The molecule has 0 saturated heterocycles. The summed E-state index contributed by atoms with van der Waals surface area (Å²) in [5.74, 6) is -0.129. The van der Waals surface area contributed by atoms with Gasteiger partial charge < -0.3 is 9.47 Å². The van der Waals surface area contributed by atoms with Crippen molar-refractivity contribution in [1.82, 2.24) is 0 Å². The fraction of sp³-hybridized carbons (Fsp3) is 0.300. The number of Topliss-reactive ketones (excluding diaryl/α,β-unsaturated/α-hetero) is 1. The predicted octanol–water partition coefficient (Wildman–Crippen LogP) is 1.91. The Morgan fingerprint density at radius 2 is 2.00 bits per heavy atom. The van der Waals surface area contributed by atoms with Crippen molar-refractivity contribution >= 4 is 5.78 Å². The highest BCUT2D eigenvalue weighted by molar-refractivity contribution is 5.94. The Balaban J connectivity index is 3.13. The predicted molar refractivity (Wildman–Crippen MR) is 49.6 cm³/mol. The highest BCUT2D eigenvalue weighted by Gasteiger charge is 2.06. The van der Waals surface area contributed by atoms with Crippen molar-refractivity contribution in [2.75, 3.05) is 14.2 Å². The second-order valence-electron chi connectivity index (χ2n) is 2.40. The number of rotatable bonds is 3. The van der Waals surface area contributed by atoms with Crippen LogP contribution in [-0.2, 0) is 0 Å². The molecule has 3 heteroatoms. The number of ketones is 1. The molecule has 0 aliphatic carbocycles. The van der Waals surface area contributed by atoms with E-state index in [1.165, 1.54) is 32.4 Å². The Morgan fingerprint density at radius 1 is 1.31 bits per heavy atom. The summed E-state index contributed by atoms with van der Waals surface area (Å²) < 4.78 is 31.0. The number of methoxy groups -OCH3 is 2. The maximum atomic E-state index is 11.5. The van der Waals surface area contributed by atoms with E-state index in [1.807, 2.05) is 0 Å². The molecule has 1 aromatic carbocycles. The number of carbonyl (C=O) groups excluding carboxylic acids is 1. The minimum absolute atomic E-state index is 0.0812. The largest absolute Gasteiger partial charge is 0.493 e. The number of hydrogen-bond acceptors (Lipinski definition) is 3. The van der Waals surface area contributed by atoms with E-state index in [0.717, 1.165) is 0 Å². The first-order valence-electron chi connectivity index (χ1n) is 5.17. The number of carbonyl (C=O) groups is 1. The molecule has 70 valence electrons. The SMILES string of the molecule is [2H]C([2H])([2H])C(=O)c1ccc(OC)c(OC)c1.